The second kappa shape index (κ2) is 5.74. The van der Waals surface area contributed by atoms with E-state index in [1.165, 1.54) is 6.92 Å². The van der Waals surface area contributed by atoms with Crippen LogP contribution in [-0.2, 0) is 0 Å². The highest BCUT2D eigenvalue weighted by molar-refractivity contribution is 6.33. The number of nitro groups is 1. The van der Waals surface area contributed by atoms with Crippen molar-refractivity contribution in [2.75, 3.05) is 0 Å². The minimum atomic E-state index is -1.17. The van der Waals surface area contributed by atoms with Gasteiger partial charge in [-0.25, -0.2) is 0 Å². The second-order valence-electron chi connectivity index (χ2n) is 4.24. The highest BCUT2D eigenvalue weighted by atomic mass is 35.5. The van der Waals surface area contributed by atoms with Crippen LogP contribution in [0.2, 0.25) is 10.2 Å². The van der Waals surface area contributed by atoms with Crippen LogP contribution in [0.25, 0.3) is 11.1 Å². The van der Waals surface area contributed by atoms with Crippen molar-refractivity contribution in [3.63, 3.8) is 0 Å². The summed E-state index contributed by atoms with van der Waals surface area (Å²) < 4.78 is 1.02. The van der Waals surface area contributed by atoms with E-state index in [0.717, 1.165) is 4.57 Å². The lowest BCUT2D eigenvalue weighted by molar-refractivity contribution is -0.384. The van der Waals surface area contributed by atoms with Crippen LogP contribution in [0.15, 0.2) is 24.3 Å². The van der Waals surface area contributed by atoms with Crippen molar-refractivity contribution in [2.24, 2.45) is 0 Å². The maximum absolute atomic E-state index is 11.3. The molecule has 0 spiro atoms. The minimum Gasteiger partial charge on any atom is -0.373 e. The normalized spacial score (nSPS) is 12.0. The Balaban J connectivity index is 2.85. The van der Waals surface area contributed by atoms with Crippen molar-refractivity contribution in [3.8, 4) is 17.2 Å². The SMILES string of the molecule is CC(O)n1c(Cl)c(-c2ccc(Cl)cc2)c([N+](=O)[O-])c1C#N. The topological polar surface area (TPSA) is 92.1 Å². The van der Waals surface area contributed by atoms with Gasteiger partial charge in [-0.05, 0) is 24.6 Å². The smallest absolute Gasteiger partial charge is 0.314 e. The molecule has 0 aliphatic rings. The summed E-state index contributed by atoms with van der Waals surface area (Å²) in [7, 11) is 0. The molecule has 0 aliphatic carbocycles. The summed E-state index contributed by atoms with van der Waals surface area (Å²) in [5.41, 5.74) is -0.224. The van der Waals surface area contributed by atoms with E-state index in [4.69, 9.17) is 28.5 Å². The molecular formula is C13H9Cl2N3O3. The molecule has 1 heterocycles. The number of aliphatic hydroxyl groups excluding tert-OH is 1. The molecule has 0 saturated heterocycles. The third-order valence-corrected chi connectivity index (χ3v) is 3.54. The number of aliphatic hydroxyl groups is 1. The van der Waals surface area contributed by atoms with Crippen molar-refractivity contribution in [3.05, 3.63) is 50.2 Å². The van der Waals surface area contributed by atoms with Gasteiger partial charge in [0.05, 0.1) is 10.5 Å². The van der Waals surface area contributed by atoms with Crippen molar-refractivity contribution in [1.29, 1.82) is 5.26 Å². The third kappa shape index (κ3) is 2.59. The Bertz CT molecular complexity index is 746. The first-order valence-corrected chi connectivity index (χ1v) is 6.56. The maximum atomic E-state index is 11.3. The Hall–Kier alpha value is -2.07. The molecule has 1 unspecified atom stereocenters. The molecule has 2 rings (SSSR count). The number of nitrogens with zero attached hydrogens (tertiary/aromatic N) is 3. The van der Waals surface area contributed by atoms with Gasteiger partial charge in [-0.15, -0.1) is 0 Å². The monoisotopic (exact) mass is 325 g/mol. The van der Waals surface area contributed by atoms with Gasteiger partial charge in [0.1, 0.15) is 17.5 Å². The highest BCUT2D eigenvalue weighted by Crippen LogP contribution is 2.42. The molecule has 6 nitrogen and oxygen atoms in total. The van der Waals surface area contributed by atoms with Gasteiger partial charge in [0.15, 0.2) is 0 Å². The molecule has 1 aromatic carbocycles. The van der Waals surface area contributed by atoms with Crippen molar-refractivity contribution < 1.29 is 10.0 Å². The lowest BCUT2D eigenvalue weighted by atomic mass is 10.1. The number of nitriles is 1. The zero-order chi connectivity index (χ0) is 15.7. The average Bonchev–Trinajstić information content (AvgIpc) is 2.72. The summed E-state index contributed by atoms with van der Waals surface area (Å²) in [6, 6.07) is 7.96. The summed E-state index contributed by atoms with van der Waals surface area (Å²) in [5.74, 6) is 0. The van der Waals surface area contributed by atoms with Crippen LogP contribution in [-0.4, -0.2) is 14.6 Å². The molecule has 0 amide bonds. The van der Waals surface area contributed by atoms with Crippen LogP contribution in [0, 0.1) is 21.4 Å². The molecule has 1 aromatic heterocycles. The second-order valence-corrected chi connectivity index (χ2v) is 5.04. The van der Waals surface area contributed by atoms with Gasteiger partial charge in [-0.3, -0.25) is 14.7 Å². The zero-order valence-electron chi connectivity index (χ0n) is 10.7. The molecule has 0 fully saturated rings. The number of benzene rings is 1. The number of aromatic nitrogens is 1. The predicted octanol–water partition coefficient (Wildman–Crippen LogP) is 3.75. The Kier molecular flexibility index (Phi) is 4.19. The standard InChI is InChI=1S/C13H9Cl2N3O3/c1-7(19)17-10(6-16)12(18(20)21)11(13(17)15)8-2-4-9(14)5-3-8/h2-5,7,19H,1H3. The van der Waals surface area contributed by atoms with Crippen molar-refractivity contribution in [2.45, 2.75) is 13.2 Å². The Morgan fingerprint density at radius 2 is 1.95 bits per heavy atom. The van der Waals surface area contributed by atoms with Gasteiger partial charge in [-0.2, -0.15) is 5.26 Å². The van der Waals surface area contributed by atoms with Gasteiger partial charge >= 0.3 is 5.69 Å². The van der Waals surface area contributed by atoms with E-state index >= 15 is 0 Å². The first-order chi connectivity index (χ1) is 9.88. The zero-order valence-corrected chi connectivity index (χ0v) is 12.3. The van der Waals surface area contributed by atoms with E-state index in [0.29, 0.717) is 10.6 Å². The number of hydrogen-bond acceptors (Lipinski definition) is 4. The summed E-state index contributed by atoms with van der Waals surface area (Å²) in [5, 5.41) is 30.6. The van der Waals surface area contributed by atoms with E-state index in [1.807, 2.05) is 0 Å². The number of rotatable bonds is 3. The quantitative estimate of drug-likeness (QED) is 0.687. The molecule has 21 heavy (non-hydrogen) atoms. The molecular weight excluding hydrogens is 317 g/mol. The van der Waals surface area contributed by atoms with Crippen LogP contribution in [0.5, 0.6) is 0 Å². The summed E-state index contributed by atoms with van der Waals surface area (Å²) >= 11 is 11.9. The molecule has 0 radical (unpaired) electrons. The van der Waals surface area contributed by atoms with Crippen LogP contribution < -0.4 is 0 Å². The molecule has 0 bridgehead atoms. The Labute approximate surface area is 129 Å². The minimum absolute atomic E-state index is 0.0735. The van der Waals surface area contributed by atoms with E-state index in [2.05, 4.69) is 0 Å². The van der Waals surface area contributed by atoms with Gasteiger partial charge < -0.3 is 5.11 Å². The average molecular weight is 326 g/mol. The summed E-state index contributed by atoms with van der Waals surface area (Å²) in [4.78, 5) is 10.6. The van der Waals surface area contributed by atoms with Crippen molar-refractivity contribution >= 4 is 28.9 Å². The fourth-order valence-corrected chi connectivity index (χ4v) is 2.61. The van der Waals surface area contributed by atoms with Crippen molar-refractivity contribution in [1.82, 2.24) is 4.57 Å². The lowest BCUT2D eigenvalue weighted by Gasteiger charge is -2.08. The third-order valence-electron chi connectivity index (χ3n) is 2.91. The summed E-state index contributed by atoms with van der Waals surface area (Å²) in [6.45, 7) is 1.36. The molecule has 2 aromatic rings. The lowest BCUT2D eigenvalue weighted by Crippen LogP contribution is -2.06. The molecule has 1 atom stereocenters. The molecule has 0 saturated carbocycles. The van der Waals surface area contributed by atoms with Crippen LogP contribution in [0.4, 0.5) is 5.69 Å². The highest BCUT2D eigenvalue weighted by Gasteiger charge is 2.32. The van der Waals surface area contributed by atoms with E-state index in [-0.39, 0.29) is 16.4 Å². The first kappa shape index (κ1) is 15.3. The Morgan fingerprint density at radius 1 is 1.38 bits per heavy atom. The molecule has 0 aliphatic heterocycles. The Morgan fingerprint density at radius 3 is 2.38 bits per heavy atom. The van der Waals surface area contributed by atoms with E-state index in [9.17, 15) is 15.2 Å². The summed E-state index contributed by atoms with van der Waals surface area (Å²) in [6.07, 6.45) is -1.17. The van der Waals surface area contributed by atoms with Gasteiger partial charge in [0, 0.05) is 5.02 Å². The fourth-order valence-electron chi connectivity index (χ4n) is 2.06. The number of hydrogen-bond donors (Lipinski definition) is 1. The van der Waals surface area contributed by atoms with E-state index < -0.39 is 16.8 Å². The van der Waals surface area contributed by atoms with Gasteiger partial charge in [0.25, 0.3) is 0 Å². The first-order valence-electron chi connectivity index (χ1n) is 5.80. The maximum Gasteiger partial charge on any atom is 0.314 e. The molecule has 108 valence electrons. The largest absolute Gasteiger partial charge is 0.373 e. The van der Waals surface area contributed by atoms with Crippen LogP contribution in [0.1, 0.15) is 18.8 Å². The fraction of sp³-hybridized carbons (Fsp3) is 0.154. The number of halogens is 2. The predicted molar refractivity (Wildman–Crippen MR) is 78.2 cm³/mol. The molecule has 1 N–H and O–H groups in total. The van der Waals surface area contributed by atoms with Crippen LogP contribution >= 0.6 is 23.2 Å². The molecule has 8 heteroatoms. The van der Waals surface area contributed by atoms with E-state index in [1.54, 1.807) is 30.3 Å². The van der Waals surface area contributed by atoms with Gasteiger partial charge in [-0.1, -0.05) is 35.3 Å². The van der Waals surface area contributed by atoms with Crippen LogP contribution in [0.3, 0.4) is 0 Å². The van der Waals surface area contributed by atoms with Gasteiger partial charge in [0.2, 0.25) is 5.69 Å².